The normalized spacial score (nSPS) is 11.2. The minimum absolute atomic E-state index is 0.318. The van der Waals surface area contributed by atoms with Crippen molar-refractivity contribution in [2.75, 3.05) is 6.61 Å². The van der Waals surface area contributed by atoms with Crippen LogP contribution in [0, 0.1) is 3.57 Å². The van der Waals surface area contributed by atoms with Gasteiger partial charge in [0.1, 0.15) is 5.69 Å². The molecule has 4 nitrogen and oxygen atoms in total. The molecule has 0 saturated heterocycles. The zero-order chi connectivity index (χ0) is 12.7. The number of halogens is 1. The van der Waals surface area contributed by atoms with Gasteiger partial charge in [-0.3, -0.25) is 0 Å². The van der Waals surface area contributed by atoms with Gasteiger partial charge in [-0.2, -0.15) is 0 Å². The van der Waals surface area contributed by atoms with Crippen LogP contribution in [-0.4, -0.2) is 22.5 Å². The summed E-state index contributed by atoms with van der Waals surface area (Å²) in [7, 11) is 0. The van der Waals surface area contributed by atoms with E-state index in [1.807, 2.05) is 17.6 Å². The molecule has 0 saturated carbocycles. The van der Waals surface area contributed by atoms with Gasteiger partial charge in [-0.05, 0) is 41.6 Å². The molecule has 1 aromatic carbocycles. The van der Waals surface area contributed by atoms with Crippen LogP contribution in [0.15, 0.2) is 17.6 Å². The van der Waals surface area contributed by atoms with Crippen molar-refractivity contribution in [3.05, 3.63) is 26.9 Å². The van der Waals surface area contributed by atoms with Crippen LogP contribution in [0.4, 0.5) is 0 Å². The molecule has 0 bridgehead atoms. The fourth-order valence-corrected chi connectivity index (χ4v) is 3.50. The summed E-state index contributed by atoms with van der Waals surface area (Å²) in [6, 6.07) is 3.98. The molecule has 2 heterocycles. The topological polar surface area (TPSA) is 55.0 Å². The number of carbonyl (C=O) groups is 1. The predicted molar refractivity (Wildman–Crippen MR) is 80.2 cm³/mol. The van der Waals surface area contributed by atoms with Gasteiger partial charge in [-0.25, -0.2) is 9.78 Å². The van der Waals surface area contributed by atoms with E-state index in [1.54, 1.807) is 18.3 Å². The van der Waals surface area contributed by atoms with E-state index >= 15 is 0 Å². The summed E-state index contributed by atoms with van der Waals surface area (Å²) in [5.74, 6) is -0.318. The van der Waals surface area contributed by atoms with Crippen LogP contribution in [0.1, 0.15) is 17.4 Å². The van der Waals surface area contributed by atoms with Crippen LogP contribution in [0.3, 0.4) is 0 Å². The fraction of sp³-hybridized carbons (Fsp3) is 0.167. The van der Waals surface area contributed by atoms with Crippen molar-refractivity contribution in [3.8, 4) is 0 Å². The standard InChI is InChI=1S/C12H9IN2O2S/c1-2-17-12(16)11-9(13)8-6(15-11)3-4-7-10(8)14-5-18-7/h3-5,15H,2H2,1H3. The van der Waals surface area contributed by atoms with Gasteiger partial charge in [0.2, 0.25) is 0 Å². The summed E-state index contributed by atoms with van der Waals surface area (Å²) < 4.78 is 7.03. The highest BCUT2D eigenvalue weighted by molar-refractivity contribution is 14.1. The van der Waals surface area contributed by atoms with E-state index in [9.17, 15) is 4.79 Å². The van der Waals surface area contributed by atoms with Crippen molar-refractivity contribution in [1.29, 1.82) is 0 Å². The number of ether oxygens (including phenoxy) is 1. The molecule has 0 aliphatic heterocycles. The molecular weight excluding hydrogens is 363 g/mol. The predicted octanol–water partition coefficient (Wildman–Crippen LogP) is 3.56. The molecule has 92 valence electrons. The summed E-state index contributed by atoms with van der Waals surface area (Å²) >= 11 is 3.76. The first kappa shape index (κ1) is 11.9. The first-order chi connectivity index (χ1) is 8.72. The first-order valence-electron chi connectivity index (χ1n) is 5.43. The van der Waals surface area contributed by atoms with Crippen molar-refractivity contribution in [1.82, 2.24) is 9.97 Å². The third-order valence-electron chi connectivity index (χ3n) is 2.68. The van der Waals surface area contributed by atoms with Gasteiger partial charge < -0.3 is 9.72 Å². The van der Waals surface area contributed by atoms with Crippen molar-refractivity contribution in [2.24, 2.45) is 0 Å². The van der Waals surface area contributed by atoms with E-state index in [0.29, 0.717) is 12.3 Å². The summed E-state index contributed by atoms with van der Waals surface area (Å²) in [6.45, 7) is 2.17. The van der Waals surface area contributed by atoms with E-state index in [4.69, 9.17) is 4.74 Å². The van der Waals surface area contributed by atoms with E-state index < -0.39 is 0 Å². The Hall–Kier alpha value is -1.15. The Balaban J connectivity index is 2.30. The van der Waals surface area contributed by atoms with Gasteiger partial charge in [0.15, 0.2) is 0 Å². The Bertz CT molecular complexity index is 747. The van der Waals surface area contributed by atoms with Crippen LogP contribution >= 0.6 is 33.9 Å². The maximum absolute atomic E-state index is 11.8. The van der Waals surface area contributed by atoms with E-state index in [2.05, 4.69) is 32.6 Å². The lowest BCUT2D eigenvalue weighted by Gasteiger charge is -1.98. The molecule has 0 amide bonds. The lowest BCUT2D eigenvalue weighted by atomic mass is 10.2. The first-order valence-corrected chi connectivity index (χ1v) is 7.38. The third kappa shape index (κ3) is 1.71. The van der Waals surface area contributed by atoms with Crippen molar-refractivity contribution < 1.29 is 9.53 Å². The molecule has 0 aliphatic carbocycles. The minimum Gasteiger partial charge on any atom is -0.461 e. The summed E-state index contributed by atoms with van der Waals surface area (Å²) in [4.78, 5) is 19.3. The van der Waals surface area contributed by atoms with Crippen LogP contribution in [-0.2, 0) is 4.74 Å². The second kappa shape index (κ2) is 4.51. The Kier molecular flexibility index (Phi) is 2.98. The van der Waals surface area contributed by atoms with Crippen LogP contribution < -0.4 is 0 Å². The van der Waals surface area contributed by atoms with Gasteiger partial charge >= 0.3 is 5.97 Å². The molecular formula is C12H9IN2O2S. The molecule has 6 heteroatoms. The number of carbonyl (C=O) groups excluding carboxylic acids is 1. The van der Waals surface area contributed by atoms with Crippen molar-refractivity contribution >= 4 is 61.0 Å². The Morgan fingerprint density at radius 3 is 3.17 bits per heavy atom. The van der Waals surface area contributed by atoms with Gasteiger partial charge in [0.05, 0.1) is 25.9 Å². The van der Waals surface area contributed by atoms with Gasteiger partial charge in [0.25, 0.3) is 0 Å². The van der Waals surface area contributed by atoms with Crippen molar-refractivity contribution in [2.45, 2.75) is 6.92 Å². The smallest absolute Gasteiger partial charge is 0.355 e. The van der Waals surface area contributed by atoms with E-state index in [1.165, 1.54) is 0 Å². The minimum atomic E-state index is -0.318. The van der Waals surface area contributed by atoms with E-state index in [0.717, 1.165) is 24.7 Å². The molecule has 0 atom stereocenters. The van der Waals surface area contributed by atoms with Crippen LogP contribution in [0.25, 0.3) is 21.1 Å². The second-order valence-corrected chi connectivity index (χ2v) is 5.69. The molecule has 0 aliphatic rings. The van der Waals surface area contributed by atoms with Crippen LogP contribution in [0.2, 0.25) is 0 Å². The number of rotatable bonds is 2. The third-order valence-corrected chi connectivity index (χ3v) is 4.55. The number of aromatic amines is 1. The largest absolute Gasteiger partial charge is 0.461 e. The SMILES string of the molecule is CCOC(=O)c1[nH]c2ccc3scnc3c2c1I. The molecule has 3 rings (SSSR count). The average molecular weight is 372 g/mol. The number of hydrogen-bond acceptors (Lipinski definition) is 4. The van der Waals surface area contributed by atoms with Crippen LogP contribution in [0.5, 0.6) is 0 Å². The highest BCUT2D eigenvalue weighted by Crippen LogP contribution is 2.32. The fourth-order valence-electron chi connectivity index (χ4n) is 1.92. The molecule has 0 fully saturated rings. The number of fused-ring (bicyclic) bond motifs is 3. The number of nitrogens with one attached hydrogen (secondary N) is 1. The molecule has 0 unspecified atom stereocenters. The van der Waals surface area contributed by atoms with Gasteiger partial charge in [0, 0.05) is 10.9 Å². The molecule has 3 aromatic rings. The second-order valence-electron chi connectivity index (χ2n) is 3.72. The number of nitrogens with zero attached hydrogens (tertiary/aromatic N) is 1. The molecule has 0 spiro atoms. The quantitative estimate of drug-likeness (QED) is 0.553. The summed E-state index contributed by atoms with van der Waals surface area (Å²) in [5.41, 5.74) is 4.18. The number of aromatic nitrogens is 2. The molecule has 1 N–H and O–H groups in total. The summed E-state index contributed by atoms with van der Waals surface area (Å²) in [5, 5.41) is 0.998. The molecule has 0 radical (unpaired) electrons. The maximum atomic E-state index is 11.8. The lowest BCUT2D eigenvalue weighted by molar-refractivity contribution is 0.0519. The number of thiazole rings is 1. The number of esters is 1. The lowest BCUT2D eigenvalue weighted by Crippen LogP contribution is -2.06. The number of H-pyrrole nitrogens is 1. The number of benzene rings is 1. The van der Waals surface area contributed by atoms with Crippen molar-refractivity contribution in [3.63, 3.8) is 0 Å². The average Bonchev–Trinajstić information content (AvgIpc) is 2.93. The van der Waals surface area contributed by atoms with Gasteiger partial charge in [-0.15, -0.1) is 11.3 Å². The monoisotopic (exact) mass is 372 g/mol. The highest BCUT2D eigenvalue weighted by atomic mass is 127. The number of hydrogen-bond donors (Lipinski definition) is 1. The van der Waals surface area contributed by atoms with Gasteiger partial charge in [-0.1, -0.05) is 0 Å². The Labute approximate surface area is 120 Å². The maximum Gasteiger partial charge on any atom is 0.355 e. The summed E-state index contributed by atoms with van der Waals surface area (Å²) in [6.07, 6.45) is 0. The Morgan fingerprint density at radius 2 is 2.39 bits per heavy atom. The zero-order valence-electron chi connectivity index (χ0n) is 9.49. The molecule has 2 aromatic heterocycles. The Morgan fingerprint density at radius 1 is 1.56 bits per heavy atom. The zero-order valence-corrected chi connectivity index (χ0v) is 12.5. The highest BCUT2D eigenvalue weighted by Gasteiger charge is 2.19. The van der Waals surface area contributed by atoms with E-state index in [-0.39, 0.29) is 5.97 Å². The molecule has 18 heavy (non-hydrogen) atoms.